The fourth-order valence-corrected chi connectivity index (χ4v) is 4.85. The Labute approximate surface area is 192 Å². The topological polar surface area (TPSA) is 47.5 Å². The Kier molecular flexibility index (Phi) is 5.84. The second-order valence-corrected chi connectivity index (χ2v) is 8.85. The second-order valence-electron chi connectivity index (χ2n) is 8.41. The zero-order valence-corrected chi connectivity index (χ0v) is 18.6. The first-order valence-corrected chi connectivity index (χ1v) is 11.3. The molecule has 0 amide bonds. The number of benzene rings is 1. The van der Waals surface area contributed by atoms with Gasteiger partial charge in [0.05, 0.1) is 11.4 Å². The van der Waals surface area contributed by atoms with E-state index in [-0.39, 0.29) is 6.10 Å². The van der Waals surface area contributed by atoms with Crippen molar-refractivity contribution in [3.63, 3.8) is 0 Å². The molecule has 1 saturated heterocycles. The number of nitrogens with zero attached hydrogens (tertiary/aromatic N) is 3. The van der Waals surface area contributed by atoms with Gasteiger partial charge >= 0.3 is 0 Å². The predicted molar refractivity (Wildman–Crippen MR) is 120 cm³/mol. The first kappa shape index (κ1) is 21.3. The van der Waals surface area contributed by atoms with Gasteiger partial charge in [0, 0.05) is 49.5 Å². The first-order chi connectivity index (χ1) is 15.5. The van der Waals surface area contributed by atoms with E-state index in [1.165, 1.54) is 12.5 Å². The number of hydrogen-bond donors (Lipinski definition) is 0. The third-order valence-corrected chi connectivity index (χ3v) is 6.44. The van der Waals surface area contributed by atoms with Crippen LogP contribution in [-0.4, -0.2) is 34.3 Å². The van der Waals surface area contributed by atoms with Gasteiger partial charge in [-0.05, 0) is 48.7 Å². The molecule has 1 aromatic carbocycles. The largest absolute Gasteiger partial charge is 0.461 e. The first-order valence-electron chi connectivity index (χ1n) is 10.9. The van der Waals surface area contributed by atoms with Crippen LogP contribution < -0.4 is 4.74 Å². The minimum Gasteiger partial charge on any atom is -0.461 e. The molecular formula is C25H25ClFN3O2. The van der Waals surface area contributed by atoms with E-state index >= 15 is 0 Å². The fourth-order valence-electron chi connectivity index (χ4n) is 4.69. The summed E-state index contributed by atoms with van der Waals surface area (Å²) in [7, 11) is 0. The third-order valence-electron chi connectivity index (χ3n) is 6.20. The highest BCUT2D eigenvalue weighted by Gasteiger charge is 2.48. The van der Waals surface area contributed by atoms with Crippen LogP contribution in [-0.2, 0) is 16.9 Å². The molecule has 0 saturated carbocycles. The molecule has 4 heterocycles. The van der Waals surface area contributed by atoms with Crippen molar-refractivity contribution >= 4 is 11.6 Å². The molecule has 2 aromatic heterocycles. The Morgan fingerprint density at radius 1 is 1.16 bits per heavy atom. The zero-order valence-electron chi connectivity index (χ0n) is 17.9. The lowest BCUT2D eigenvalue weighted by molar-refractivity contribution is -0.101. The van der Waals surface area contributed by atoms with Gasteiger partial charge in [0.2, 0.25) is 6.36 Å². The average molecular weight is 454 g/mol. The standard InChI is InChI=1S/C25H25ClFN3O2/c1-17(27)31-20-6-4-18(5-7-20)16-30-13-9-25(10-14-30)24-21(3-2-11-29-24)23(32-25)22-15-19(26)8-12-28-22/h2-8,11-12,15,17,23H,9-10,13-14,16H2,1H3. The summed E-state index contributed by atoms with van der Waals surface area (Å²) < 4.78 is 24.8. The van der Waals surface area contributed by atoms with E-state index in [9.17, 15) is 4.39 Å². The number of pyridine rings is 2. The van der Waals surface area contributed by atoms with Crippen LogP contribution in [0.4, 0.5) is 4.39 Å². The number of alkyl halides is 1. The summed E-state index contributed by atoms with van der Waals surface area (Å²) in [5, 5.41) is 0.650. The van der Waals surface area contributed by atoms with Gasteiger partial charge in [0.1, 0.15) is 17.5 Å². The molecule has 0 aliphatic carbocycles. The van der Waals surface area contributed by atoms with Gasteiger partial charge in [-0.15, -0.1) is 0 Å². The van der Waals surface area contributed by atoms with Gasteiger partial charge < -0.3 is 9.47 Å². The fraction of sp³-hybridized carbons (Fsp3) is 0.360. The van der Waals surface area contributed by atoms with Crippen molar-refractivity contribution in [2.75, 3.05) is 13.1 Å². The normalized spacial score (nSPS) is 20.8. The van der Waals surface area contributed by atoms with Crippen molar-refractivity contribution in [3.8, 4) is 5.75 Å². The van der Waals surface area contributed by atoms with Gasteiger partial charge in [0.25, 0.3) is 0 Å². The van der Waals surface area contributed by atoms with Gasteiger partial charge in [-0.2, -0.15) is 0 Å². The summed E-state index contributed by atoms with van der Waals surface area (Å²) in [6, 6.07) is 15.3. The SMILES string of the molecule is CC(F)Oc1ccc(CN2CCC3(CC2)OC(c2cc(Cl)ccn2)c2cccnc23)cc1. The maximum absolute atomic E-state index is 13.0. The number of rotatable bonds is 5. The highest BCUT2D eigenvalue weighted by Crippen LogP contribution is 2.50. The molecule has 5 nitrogen and oxygen atoms in total. The lowest BCUT2D eigenvalue weighted by Crippen LogP contribution is -2.42. The molecule has 166 valence electrons. The molecule has 2 atom stereocenters. The van der Waals surface area contributed by atoms with Gasteiger partial charge in [-0.25, -0.2) is 4.39 Å². The summed E-state index contributed by atoms with van der Waals surface area (Å²) in [5.74, 6) is 0.545. The minimum absolute atomic E-state index is 0.255. The number of piperidine rings is 1. The Hall–Kier alpha value is -2.54. The number of hydrogen-bond acceptors (Lipinski definition) is 5. The van der Waals surface area contributed by atoms with Crippen LogP contribution in [0.1, 0.15) is 48.4 Å². The van der Waals surface area contributed by atoms with E-state index in [0.717, 1.165) is 49.4 Å². The molecule has 0 N–H and O–H groups in total. The summed E-state index contributed by atoms with van der Waals surface area (Å²) in [4.78, 5) is 11.7. The molecule has 1 fully saturated rings. The lowest BCUT2D eigenvalue weighted by atomic mass is 9.86. The molecule has 5 rings (SSSR count). The summed E-state index contributed by atoms with van der Waals surface area (Å²) in [6.07, 6.45) is 3.70. The quantitative estimate of drug-likeness (QED) is 0.515. The highest BCUT2D eigenvalue weighted by molar-refractivity contribution is 6.30. The maximum Gasteiger partial charge on any atom is 0.235 e. The van der Waals surface area contributed by atoms with Gasteiger partial charge in [0.15, 0.2) is 0 Å². The van der Waals surface area contributed by atoms with Crippen molar-refractivity contribution in [1.29, 1.82) is 0 Å². The molecule has 2 unspecified atom stereocenters. The molecular weight excluding hydrogens is 429 g/mol. The third kappa shape index (κ3) is 4.22. The number of aromatic nitrogens is 2. The zero-order chi connectivity index (χ0) is 22.1. The molecule has 32 heavy (non-hydrogen) atoms. The maximum atomic E-state index is 13.0. The van der Waals surface area contributed by atoms with Crippen LogP contribution in [0.5, 0.6) is 5.75 Å². The van der Waals surface area contributed by atoms with Gasteiger partial charge in [-0.3, -0.25) is 14.9 Å². The number of halogens is 2. The van der Waals surface area contributed by atoms with E-state index in [2.05, 4.69) is 16.0 Å². The van der Waals surface area contributed by atoms with Crippen molar-refractivity contribution in [3.05, 3.63) is 88.5 Å². The van der Waals surface area contributed by atoms with Crippen LogP contribution in [0.2, 0.25) is 5.02 Å². The van der Waals surface area contributed by atoms with E-state index in [0.29, 0.717) is 10.8 Å². The Morgan fingerprint density at radius 2 is 1.94 bits per heavy atom. The summed E-state index contributed by atoms with van der Waals surface area (Å²) in [5.41, 5.74) is 3.68. The van der Waals surface area contributed by atoms with Crippen LogP contribution in [0.25, 0.3) is 0 Å². The van der Waals surface area contributed by atoms with E-state index in [1.807, 2.05) is 42.6 Å². The molecule has 2 aliphatic heterocycles. The molecule has 0 bridgehead atoms. The van der Waals surface area contributed by atoms with Crippen LogP contribution in [0.15, 0.2) is 60.9 Å². The van der Waals surface area contributed by atoms with Crippen molar-refractivity contribution in [1.82, 2.24) is 14.9 Å². The number of likely N-dealkylation sites (tertiary alicyclic amines) is 1. The van der Waals surface area contributed by atoms with E-state index < -0.39 is 12.0 Å². The van der Waals surface area contributed by atoms with Crippen LogP contribution in [0.3, 0.4) is 0 Å². The highest BCUT2D eigenvalue weighted by atomic mass is 35.5. The molecule has 0 radical (unpaired) electrons. The molecule has 1 spiro atoms. The minimum atomic E-state index is -1.31. The van der Waals surface area contributed by atoms with Crippen LogP contribution >= 0.6 is 11.6 Å². The van der Waals surface area contributed by atoms with E-state index in [4.69, 9.17) is 26.1 Å². The Morgan fingerprint density at radius 3 is 2.66 bits per heavy atom. The summed E-state index contributed by atoms with van der Waals surface area (Å²) >= 11 is 6.21. The average Bonchev–Trinajstić information content (AvgIpc) is 3.11. The van der Waals surface area contributed by atoms with Crippen LogP contribution in [0, 0.1) is 0 Å². The Bertz CT molecular complexity index is 1080. The predicted octanol–water partition coefficient (Wildman–Crippen LogP) is 5.44. The van der Waals surface area contributed by atoms with E-state index in [1.54, 1.807) is 12.3 Å². The number of ether oxygens (including phenoxy) is 2. The molecule has 3 aromatic rings. The second kappa shape index (κ2) is 8.77. The van der Waals surface area contributed by atoms with Crippen molar-refractivity contribution in [2.24, 2.45) is 0 Å². The lowest BCUT2D eigenvalue weighted by Gasteiger charge is -2.39. The van der Waals surface area contributed by atoms with Crippen molar-refractivity contribution < 1.29 is 13.9 Å². The number of fused-ring (bicyclic) bond motifs is 2. The molecule has 7 heteroatoms. The molecule has 2 aliphatic rings. The smallest absolute Gasteiger partial charge is 0.235 e. The summed E-state index contributed by atoms with van der Waals surface area (Å²) in [6.45, 7) is 4.00. The monoisotopic (exact) mass is 453 g/mol. The van der Waals surface area contributed by atoms with Gasteiger partial charge in [-0.1, -0.05) is 29.8 Å². The van der Waals surface area contributed by atoms with Crippen molar-refractivity contribution in [2.45, 2.75) is 44.4 Å². The Balaban J connectivity index is 1.29.